The lowest BCUT2D eigenvalue weighted by Crippen LogP contribution is -2.18. The summed E-state index contributed by atoms with van der Waals surface area (Å²) >= 11 is 0. The van der Waals surface area contributed by atoms with E-state index in [9.17, 15) is 0 Å². The Kier molecular flexibility index (Phi) is 2.95. The maximum absolute atomic E-state index is 5.90. The Labute approximate surface area is 91.1 Å². The van der Waals surface area contributed by atoms with Crippen molar-refractivity contribution in [3.8, 4) is 0 Å². The number of likely N-dealkylation sites (tertiary alicyclic amines) is 1. The second kappa shape index (κ2) is 4.23. The molecule has 1 aliphatic rings. The first-order chi connectivity index (χ1) is 7.16. The number of nitrogen functional groups attached to an aromatic ring is 1. The third-order valence-corrected chi connectivity index (χ3v) is 2.89. The molecule has 1 fully saturated rings. The molecular weight excluding hydrogens is 188 g/mol. The van der Waals surface area contributed by atoms with Crippen molar-refractivity contribution in [2.75, 3.05) is 18.8 Å². The fourth-order valence-corrected chi connectivity index (χ4v) is 2.12. The van der Waals surface area contributed by atoms with Crippen LogP contribution in [0.2, 0.25) is 0 Å². The molecule has 1 aliphatic heterocycles. The number of nitrogens with two attached hydrogens (primary N) is 1. The van der Waals surface area contributed by atoms with Gasteiger partial charge >= 0.3 is 0 Å². The highest BCUT2D eigenvalue weighted by Crippen LogP contribution is 2.16. The fourth-order valence-electron chi connectivity index (χ4n) is 2.12. The van der Waals surface area contributed by atoms with E-state index in [2.05, 4.69) is 23.8 Å². The van der Waals surface area contributed by atoms with Crippen LogP contribution in [0, 0.1) is 0 Å². The monoisotopic (exact) mass is 208 g/mol. The standard InChI is InChI=1S/C11H20N4/c1-9(2)15-11(12)7-10(13-15)8-14-5-3-4-6-14/h7,9H,3-6,8,12H2,1-2H3. The second-order valence-corrected chi connectivity index (χ2v) is 4.58. The minimum absolute atomic E-state index is 0.345. The van der Waals surface area contributed by atoms with Crippen molar-refractivity contribution in [2.24, 2.45) is 0 Å². The molecule has 15 heavy (non-hydrogen) atoms. The van der Waals surface area contributed by atoms with Crippen LogP contribution < -0.4 is 5.73 Å². The van der Waals surface area contributed by atoms with Crippen LogP contribution in [0.25, 0.3) is 0 Å². The van der Waals surface area contributed by atoms with Crippen molar-refractivity contribution in [1.82, 2.24) is 14.7 Å². The Balaban J connectivity index is 2.05. The summed E-state index contributed by atoms with van der Waals surface area (Å²) in [6.07, 6.45) is 2.64. The molecule has 0 amide bonds. The summed E-state index contributed by atoms with van der Waals surface area (Å²) in [7, 11) is 0. The van der Waals surface area contributed by atoms with E-state index in [0.717, 1.165) is 18.1 Å². The Morgan fingerprint density at radius 2 is 2.07 bits per heavy atom. The minimum Gasteiger partial charge on any atom is -0.384 e. The molecule has 84 valence electrons. The summed E-state index contributed by atoms with van der Waals surface area (Å²) in [4.78, 5) is 2.44. The highest BCUT2D eigenvalue weighted by molar-refractivity contribution is 5.31. The van der Waals surface area contributed by atoms with Crippen LogP contribution in [0.1, 0.15) is 38.4 Å². The average Bonchev–Trinajstić information content (AvgIpc) is 2.75. The molecule has 0 bridgehead atoms. The van der Waals surface area contributed by atoms with Gasteiger partial charge in [-0.2, -0.15) is 5.10 Å². The first kappa shape index (κ1) is 10.5. The van der Waals surface area contributed by atoms with Gasteiger partial charge in [0.1, 0.15) is 5.82 Å². The third kappa shape index (κ3) is 2.31. The first-order valence-corrected chi connectivity index (χ1v) is 5.73. The molecule has 1 saturated heterocycles. The van der Waals surface area contributed by atoms with Gasteiger partial charge in [-0.25, -0.2) is 4.68 Å². The first-order valence-electron chi connectivity index (χ1n) is 5.73. The van der Waals surface area contributed by atoms with Crippen molar-refractivity contribution < 1.29 is 0 Å². The second-order valence-electron chi connectivity index (χ2n) is 4.58. The molecule has 1 aromatic rings. The molecule has 0 aliphatic carbocycles. The summed E-state index contributed by atoms with van der Waals surface area (Å²) in [5.41, 5.74) is 7.00. The SMILES string of the molecule is CC(C)n1nc(CN2CCCC2)cc1N. The molecule has 0 spiro atoms. The van der Waals surface area contributed by atoms with Crippen LogP contribution >= 0.6 is 0 Å². The van der Waals surface area contributed by atoms with Gasteiger partial charge in [-0.3, -0.25) is 4.90 Å². The van der Waals surface area contributed by atoms with E-state index in [4.69, 9.17) is 5.73 Å². The zero-order valence-corrected chi connectivity index (χ0v) is 9.61. The Hall–Kier alpha value is -1.03. The van der Waals surface area contributed by atoms with E-state index in [1.165, 1.54) is 25.9 Å². The van der Waals surface area contributed by atoms with Crippen LogP contribution in [-0.2, 0) is 6.54 Å². The maximum atomic E-state index is 5.90. The molecule has 0 unspecified atom stereocenters. The lowest BCUT2D eigenvalue weighted by Gasteiger charge is -2.12. The van der Waals surface area contributed by atoms with Crippen molar-refractivity contribution in [3.63, 3.8) is 0 Å². The number of rotatable bonds is 3. The summed E-state index contributed by atoms with van der Waals surface area (Å²) in [6, 6.07) is 2.34. The average molecular weight is 208 g/mol. The van der Waals surface area contributed by atoms with Gasteiger partial charge < -0.3 is 5.73 Å². The third-order valence-electron chi connectivity index (χ3n) is 2.89. The highest BCUT2D eigenvalue weighted by atomic mass is 15.3. The Bertz CT molecular complexity index is 323. The van der Waals surface area contributed by atoms with Crippen LogP contribution in [0.4, 0.5) is 5.82 Å². The van der Waals surface area contributed by atoms with Crippen molar-refractivity contribution in [3.05, 3.63) is 11.8 Å². The zero-order chi connectivity index (χ0) is 10.8. The van der Waals surface area contributed by atoms with E-state index in [-0.39, 0.29) is 0 Å². The molecule has 0 radical (unpaired) electrons. The molecule has 2 rings (SSSR count). The minimum atomic E-state index is 0.345. The van der Waals surface area contributed by atoms with E-state index >= 15 is 0 Å². The molecule has 4 nitrogen and oxygen atoms in total. The lowest BCUT2D eigenvalue weighted by atomic mass is 10.4. The van der Waals surface area contributed by atoms with Gasteiger partial charge in [-0.15, -0.1) is 0 Å². The van der Waals surface area contributed by atoms with Crippen LogP contribution in [0.3, 0.4) is 0 Å². The molecule has 0 aromatic carbocycles. The topological polar surface area (TPSA) is 47.1 Å². The maximum Gasteiger partial charge on any atom is 0.122 e. The summed E-state index contributed by atoms with van der Waals surface area (Å²) in [5, 5.41) is 4.52. The van der Waals surface area contributed by atoms with Gasteiger partial charge in [0, 0.05) is 18.7 Å². The summed E-state index contributed by atoms with van der Waals surface area (Å²) in [5.74, 6) is 0.777. The van der Waals surface area contributed by atoms with Gasteiger partial charge in [0.2, 0.25) is 0 Å². The van der Waals surface area contributed by atoms with E-state index in [0.29, 0.717) is 6.04 Å². The summed E-state index contributed by atoms with van der Waals surface area (Å²) in [6.45, 7) is 7.55. The van der Waals surface area contributed by atoms with E-state index in [1.807, 2.05) is 10.7 Å². The molecule has 0 atom stereocenters. The van der Waals surface area contributed by atoms with Gasteiger partial charge in [-0.1, -0.05) is 0 Å². The number of nitrogens with zero attached hydrogens (tertiary/aromatic N) is 3. The molecule has 2 N–H and O–H groups in total. The van der Waals surface area contributed by atoms with E-state index in [1.54, 1.807) is 0 Å². The molecular formula is C11H20N4. The Morgan fingerprint density at radius 3 is 2.60 bits per heavy atom. The number of hydrogen-bond acceptors (Lipinski definition) is 3. The van der Waals surface area contributed by atoms with Crippen molar-refractivity contribution in [1.29, 1.82) is 0 Å². The molecule has 4 heteroatoms. The van der Waals surface area contributed by atoms with E-state index < -0.39 is 0 Å². The van der Waals surface area contributed by atoms with Crippen molar-refractivity contribution in [2.45, 2.75) is 39.3 Å². The quantitative estimate of drug-likeness (QED) is 0.821. The largest absolute Gasteiger partial charge is 0.384 e. The van der Waals surface area contributed by atoms with Crippen LogP contribution in [0.5, 0.6) is 0 Å². The normalized spacial score (nSPS) is 17.8. The van der Waals surface area contributed by atoms with Gasteiger partial charge in [0.15, 0.2) is 0 Å². The predicted molar refractivity (Wildman–Crippen MR) is 61.5 cm³/mol. The van der Waals surface area contributed by atoms with Crippen molar-refractivity contribution >= 4 is 5.82 Å². The summed E-state index contributed by atoms with van der Waals surface area (Å²) < 4.78 is 1.89. The van der Waals surface area contributed by atoms with Crippen LogP contribution in [-0.4, -0.2) is 27.8 Å². The van der Waals surface area contributed by atoms with Gasteiger partial charge in [0.05, 0.1) is 5.69 Å². The van der Waals surface area contributed by atoms with Crippen LogP contribution in [0.15, 0.2) is 6.07 Å². The Morgan fingerprint density at radius 1 is 1.40 bits per heavy atom. The molecule has 0 saturated carbocycles. The molecule has 1 aromatic heterocycles. The van der Waals surface area contributed by atoms with Gasteiger partial charge in [0.25, 0.3) is 0 Å². The lowest BCUT2D eigenvalue weighted by molar-refractivity contribution is 0.324. The number of anilines is 1. The number of aromatic nitrogens is 2. The number of hydrogen-bond donors (Lipinski definition) is 1. The smallest absolute Gasteiger partial charge is 0.122 e. The zero-order valence-electron chi connectivity index (χ0n) is 9.61. The fraction of sp³-hybridized carbons (Fsp3) is 0.727. The highest BCUT2D eigenvalue weighted by Gasteiger charge is 2.14. The molecule has 2 heterocycles. The predicted octanol–water partition coefficient (Wildman–Crippen LogP) is 1.64. The van der Waals surface area contributed by atoms with Gasteiger partial charge in [-0.05, 0) is 39.8 Å².